The van der Waals surface area contributed by atoms with Crippen LogP contribution in [0, 0.1) is 12.3 Å². The third-order valence-corrected chi connectivity index (χ3v) is 5.32. The molecule has 0 unspecified atom stereocenters. The zero-order valence-corrected chi connectivity index (χ0v) is 12.9. The van der Waals surface area contributed by atoms with Crippen molar-refractivity contribution >= 4 is 27.4 Å². The molecule has 8 heteroatoms. The fraction of sp³-hybridized carbons (Fsp3) is 0.571. The molecule has 7 nitrogen and oxygen atoms in total. The van der Waals surface area contributed by atoms with Gasteiger partial charge in [-0.15, -0.1) is 0 Å². The number of Topliss-reactive ketones (excluding diaryl/α,β-unsaturated/α-hetero) is 1. The van der Waals surface area contributed by atoms with Gasteiger partial charge in [-0.1, -0.05) is 0 Å². The lowest BCUT2D eigenvalue weighted by molar-refractivity contribution is -0.122. The topological polar surface area (TPSA) is 123 Å². The van der Waals surface area contributed by atoms with E-state index >= 15 is 0 Å². The Bertz CT molecular complexity index is 632. The van der Waals surface area contributed by atoms with Crippen LogP contribution < -0.4 is 11.1 Å². The van der Waals surface area contributed by atoms with Crippen molar-refractivity contribution in [1.82, 2.24) is 5.32 Å². The summed E-state index contributed by atoms with van der Waals surface area (Å²) in [7, 11) is -3.31. The van der Waals surface area contributed by atoms with E-state index in [2.05, 4.69) is 5.32 Å². The standard InChI is InChI=1S/C14H19N2O5S/c15-14(19)10-2-1-3-11(17)13(10)16-12(18)6-7-22(20,21)8-9-4-5-9/h6,9H,1-5,7-8H2,(H2,15,19)(H,16,18). The number of primary amides is 1. The quantitative estimate of drug-likeness (QED) is 0.660. The highest BCUT2D eigenvalue weighted by molar-refractivity contribution is 7.91. The SMILES string of the molecule is NC(=O)C1=C(NC(=O)[CH]CS(=O)(=O)CC2CC2)C(=O)CCC1. The van der Waals surface area contributed by atoms with Gasteiger partial charge in [-0.05, 0) is 31.6 Å². The first kappa shape index (κ1) is 16.7. The Morgan fingerprint density at radius 1 is 1.27 bits per heavy atom. The molecule has 2 rings (SSSR count). The summed E-state index contributed by atoms with van der Waals surface area (Å²) in [6.45, 7) is 0. The molecule has 1 fully saturated rings. The van der Waals surface area contributed by atoms with Crippen LogP contribution in [0.1, 0.15) is 32.1 Å². The van der Waals surface area contributed by atoms with Crippen LogP contribution in [0.2, 0.25) is 0 Å². The maximum Gasteiger partial charge on any atom is 0.246 e. The van der Waals surface area contributed by atoms with Crippen LogP contribution >= 0.6 is 0 Å². The molecule has 0 saturated heterocycles. The molecule has 0 heterocycles. The molecule has 2 amide bonds. The molecule has 3 N–H and O–H groups in total. The Labute approximate surface area is 129 Å². The Kier molecular flexibility index (Phi) is 5.00. The predicted octanol–water partition coefficient (Wildman–Crippen LogP) is -0.376. The normalized spacial score (nSPS) is 19.2. The van der Waals surface area contributed by atoms with Crippen LogP contribution in [-0.4, -0.2) is 37.5 Å². The molecular weight excluding hydrogens is 308 g/mol. The zero-order chi connectivity index (χ0) is 16.3. The van der Waals surface area contributed by atoms with Crippen molar-refractivity contribution in [3.05, 3.63) is 17.7 Å². The van der Waals surface area contributed by atoms with Crippen LogP contribution in [0.25, 0.3) is 0 Å². The molecular formula is C14H19N2O5S. The Hall–Kier alpha value is -1.70. The maximum absolute atomic E-state index is 11.8. The second kappa shape index (κ2) is 6.60. The van der Waals surface area contributed by atoms with E-state index in [1.165, 1.54) is 0 Å². The van der Waals surface area contributed by atoms with Crippen molar-refractivity contribution in [3.8, 4) is 0 Å². The van der Waals surface area contributed by atoms with E-state index in [1.807, 2.05) is 0 Å². The molecule has 0 aliphatic heterocycles. The Morgan fingerprint density at radius 3 is 2.55 bits per heavy atom. The van der Waals surface area contributed by atoms with Gasteiger partial charge < -0.3 is 11.1 Å². The third-order valence-electron chi connectivity index (χ3n) is 3.67. The average Bonchev–Trinajstić information content (AvgIpc) is 3.22. The van der Waals surface area contributed by atoms with Gasteiger partial charge >= 0.3 is 0 Å². The van der Waals surface area contributed by atoms with Crippen molar-refractivity contribution in [3.63, 3.8) is 0 Å². The van der Waals surface area contributed by atoms with E-state index in [0.717, 1.165) is 19.3 Å². The molecule has 2 aliphatic rings. The number of sulfone groups is 1. The van der Waals surface area contributed by atoms with Gasteiger partial charge in [0.1, 0.15) is 0 Å². The first-order chi connectivity index (χ1) is 10.3. The summed E-state index contributed by atoms with van der Waals surface area (Å²) in [5.74, 6) is -1.88. The van der Waals surface area contributed by atoms with E-state index in [1.54, 1.807) is 0 Å². The summed E-state index contributed by atoms with van der Waals surface area (Å²) >= 11 is 0. The summed E-state index contributed by atoms with van der Waals surface area (Å²) in [4.78, 5) is 34.9. The van der Waals surface area contributed by atoms with Gasteiger partial charge in [0, 0.05) is 12.0 Å². The maximum atomic E-state index is 11.8. The molecule has 121 valence electrons. The van der Waals surface area contributed by atoms with Crippen LogP contribution in [0.3, 0.4) is 0 Å². The van der Waals surface area contributed by atoms with Crippen LogP contribution in [0.4, 0.5) is 0 Å². The average molecular weight is 327 g/mol. The highest BCUT2D eigenvalue weighted by atomic mass is 32.2. The predicted molar refractivity (Wildman–Crippen MR) is 78.9 cm³/mol. The minimum Gasteiger partial charge on any atom is -0.366 e. The van der Waals surface area contributed by atoms with Gasteiger partial charge in [0.15, 0.2) is 15.6 Å². The highest BCUT2D eigenvalue weighted by Crippen LogP contribution is 2.30. The second-order valence-electron chi connectivity index (χ2n) is 5.71. The van der Waals surface area contributed by atoms with E-state index < -0.39 is 21.7 Å². The van der Waals surface area contributed by atoms with E-state index in [0.29, 0.717) is 12.8 Å². The molecule has 2 aliphatic carbocycles. The summed E-state index contributed by atoms with van der Waals surface area (Å²) in [5.41, 5.74) is 5.19. The van der Waals surface area contributed by atoms with Gasteiger partial charge in [0.05, 0.1) is 23.6 Å². The largest absolute Gasteiger partial charge is 0.366 e. The van der Waals surface area contributed by atoms with Crippen LogP contribution in [0.15, 0.2) is 11.3 Å². The van der Waals surface area contributed by atoms with Crippen molar-refractivity contribution in [1.29, 1.82) is 0 Å². The zero-order valence-electron chi connectivity index (χ0n) is 12.1. The number of allylic oxidation sites excluding steroid dienone is 1. The number of ketones is 1. The number of carbonyl (C=O) groups excluding carboxylic acids is 3. The van der Waals surface area contributed by atoms with Gasteiger partial charge in [-0.2, -0.15) is 0 Å². The lowest BCUT2D eigenvalue weighted by atomic mass is 9.94. The van der Waals surface area contributed by atoms with Gasteiger partial charge in [0.2, 0.25) is 11.8 Å². The van der Waals surface area contributed by atoms with Crippen molar-refractivity contribution in [2.24, 2.45) is 11.7 Å². The molecule has 0 aromatic heterocycles. The van der Waals surface area contributed by atoms with Crippen LogP contribution in [-0.2, 0) is 24.2 Å². The molecule has 22 heavy (non-hydrogen) atoms. The lowest BCUT2D eigenvalue weighted by Gasteiger charge is -2.17. The highest BCUT2D eigenvalue weighted by Gasteiger charge is 2.29. The van der Waals surface area contributed by atoms with Crippen LogP contribution in [0.5, 0.6) is 0 Å². The molecule has 0 spiro atoms. The molecule has 0 aromatic rings. The molecule has 1 radical (unpaired) electrons. The minimum absolute atomic E-state index is 0.0882. The summed E-state index contributed by atoms with van der Waals surface area (Å²) in [5, 5.41) is 2.31. The van der Waals surface area contributed by atoms with Crippen molar-refractivity contribution < 1.29 is 22.8 Å². The number of hydrogen-bond donors (Lipinski definition) is 2. The first-order valence-electron chi connectivity index (χ1n) is 7.19. The van der Waals surface area contributed by atoms with Gasteiger partial charge in [0.25, 0.3) is 0 Å². The first-order valence-corrected chi connectivity index (χ1v) is 9.01. The summed E-state index contributed by atoms with van der Waals surface area (Å²) < 4.78 is 23.5. The van der Waals surface area contributed by atoms with E-state index in [9.17, 15) is 22.8 Å². The molecule has 0 aromatic carbocycles. The fourth-order valence-corrected chi connectivity index (χ4v) is 3.92. The molecule has 1 saturated carbocycles. The van der Waals surface area contributed by atoms with E-state index in [-0.39, 0.29) is 40.9 Å². The summed E-state index contributed by atoms with van der Waals surface area (Å²) in [6.07, 6.45) is 3.88. The monoisotopic (exact) mass is 327 g/mol. The summed E-state index contributed by atoms with van der Waals surface area (Å²) in [6, 6.07) is 0. The van der Waals surface area contributed by atoms with Crippen molar-refractivity contribution in [2.75, 3.05) is 11.5 Å². The Morgan fingerprint density at radius 2 is 1.95 bits per heavy atom. The van der Waals surface area contributed by atoms with Crippen molar-refractivity contribution in [2.45, 2.75) is 32.1 Å². The molecule has 0 bridgehead atoms. The number of nitrogens with two attached hydrogens (primary N) is 1. The fourth-order valence-electron chi connectivity index (χ4n) is 2.32. The number of hydrogen-bond acceptors (Lipinski definition) is 5. The number of rotatable bonds is 7. The smallest absolute Gasteiger partial charge is 0.246 e. The Balaban J connectivity index is 1.95. The second-order valence-corrected chi connectivity index (χ2v) is 7.86. The number of nitrogens with one attached hydrogen (secondary N) is 1. The van der Waals surface area contributed by atoms with Gasteiger partial charge in [-0.3, -0.25) is 14.4 Å². The third kappa shape index (κ3) is 4.66. The lowest BCUT2D eigenvalue weighted by Crippen LogP contribution is -2.35. The number of amides is 2. The molecule has 0 atom stereocenters. The number of carbonyl (C=O) groups is 3. The van der Waals surface area contributed by atoms with E-state index in [4.69, 9.17) is 5.73 Å². The minimum atomic E-state index is -3.31. The van der Waals surface area contributed by atoms with Gasteiger partial charge in [-0.25, -0.2) is 8.42 Å².